The molecule has 0 atom stereocenters. The standard InChI is InChI=1S/C19H23N3O2/c1-24-18-13-16(7-10-20-18)19(23)21-17-8-11-22(12-9-17)14-15-5-3-2-4-6-15/h2-7,10,13,17H,8-9,11-12,14H2,1H3,(H,21,23). The van der Waals surface area contributed by atoms with Crippen LogP contribution in [0.1, 0.15) is 28.8 Å². The summed E-state index contributed by atoms with van der Waals surface area (Å²) in [6, 6.07) is 14.1. The minimum Gasteiger partial charge on any atom is -0.481 e. The maximum atomic E-state index is 12.3. The molecule has 0 unspecified atom stereocenters. The van der Waals surface area contributed by atoms with Gasteiger partial charge >= 0.3 is 0 Å². The van der Waals surface area contributed by atoms with Crippen LogP contribution in [-0.4, -0.2) is 42.0 Å². The first-order valence-corrected chi connectivity index (χ1v) is 8.32. The molecule has 5 nitrogen and oxygen atoms in total. The van der Waals surface area contributed by atoms with E-state index < -0.39 is 0 Å². The monoisotopic (exact) mass is 325 g/mol. The Labute approximate surface area is 142 Å². The van der Waals surface area contributed by atoms with Crippen LogP contribution in [0, 0.1) is 0 Å². The minimum absolute atomic E-state index is 0.0581. The fourth-order valence-electron chi connectivity index (χ4n) is 3.01. The van der Waals surface area contributed by atoms with Crippen molar-refractivity contribution >= 4 is 5.91 Å². The van der Waals surface area contributed by atoms with E-state index in [1.165, 1.54) is 5.56 Å². The maximum Gasteiger partial charge on any atom is 0.251 e. The highest BCUT2D eigenvalue weighted by molar-refractivity contribution is 5.94. The van der Waals surface area contributed by atoms with E-state index in [9.17, 15) is 4.79 Å². The third kappa shape index (κ3) is 4.32. The third-order valence-corrected chi connectivity index (χ3v) is 4.38. The van der Waals surface area contributed by atoms with Crippen molar-refractivity contribution in [2.75, 3.05) is 20.2 Å². The van der Waals surface area contributed by atoms with Gasteiger partial charge in [0.25, 0.3) is 5.91 Å². The van der Waals surface area contributed by atoms with Gasteiger partial charge in [0.15, 0.2) is 0 Å². The first kappa shape index (κ1) is 16.5. The summed E-state index contributed by atoms with van der Waals surface area (Å²) in [6.07, 6.45) is 3.54. The number of benzene rings is 1. The molecule has 1 amide bonds. The van der Waals surface area contributed by atoms with Crippen molar-refractivity contribution in [2.45, 2.75) is 25.4 Å². The highest BCUT2D eigenvalue weighted by Crippen LogP contribution is 2.15. The topological polar surface area (TPSA) is 54.5 Å². The average molecular weight is 325 g/mol. The van der Waals surface area contributed by atoms with Gasteiger partial charge in [-0.05, 0) is 24.5 Å². The highest BCUT2D eigenvalue weighted by Gasteiger charge is 2.21. The van der Waals surface area contributed by atoms with E-state index in [2.05, 4.69) is 39.5 Å². The van der Waals surface area contributed by atoms with Gasteiger partial charge in [0, 0.05) is 43.5 Å². The van der Waals surface area contributed by atoms with Gasteiger partial charge in [0.05, 0.1) is 7.11 Å². The predicted molar refractivity (Wildman–Crippen MR) is 93.0 cm³/mol. The van der Waals surface area contributed by atoms with Gasteiger partial charge in [0.1, 0.15) is 0 Å². The van der Waals surface area contributed by atoms with Gasteiger partial charge in [-0.15, -0.1) is 0 Å². The summed E-state index contributed by atoms with van der Waals surface area (Å²) in [6.45, 7) is 2.97. The Bertz CT molecular complexity index is 667. The lowest BCUT2D eigenvalue weighted by atomic mass is 10.0. The molecule has 0 spiro atoms. The van der Waals surface area contributed by atoms with Crippen LogP contribution >= 0.6 is 0 Å². The summed E-state index contributed by atoms with van der Waals surface area (Å²) < 4.78 is 5.07. The number of nitrogens with one attached hydrogen (secondary N) is 1. The van der Waals surface area contributed by atoms with Crippen LogP contribution in [0.3, 0.4) is 0 Å². The molecule has 24 heavy (non-hydrogen) atoms. The quantitative estimate of drug-likeness (QED) is 0.918. The normalized spacial score (nSPS) is 15.9. The number of carbonyl (C=O) groups is 1. The largest absolute Gasteiger partial charge is 0.481 e. The van der Waals surface area contributed by atoms with E-state index in [1.807, 2.05) is 6.07 Å². The Morgan fingerprint density at radius 1 is 1.25 bits per heavy atom. The summed E-state index contributed by atoms with van der Waals surface area (Å²) in [5.41, 5.74) is 1.93. The number of amides is 1. The Morgan fingerprint density at radius 2 is 2.00 bits per heavy atom. The molecule has 3 rings (SSSR count). The second-order valence-corrected chi connectivity index (χ2v) is 6.10. The second-order valence-electron chi connectivity index (χ2n) is 6.10. The number of rotatable bonds is 5. The van der Waals surface area contributed by atoms with Crippen LogP contribution in [-0.2, 0) is 6.54 Å². The van der Waals surface area contributed by atoms with Crippen molar-refractivity contribution < 1.29 is 9.53 Å². The molecule has 0 aliphatic carbocycles. The molecule has 126 valence electrons. The SMILES string of the molecule is COc1cc(C(=O)NC2CCN(Cc3ccccc3)CC2)ccn1. The molecule has 1 saturated heterocycles. The number of methoxy groups -OCH3 is 1. The van der Waals surface area contributed by atoms with Crippen LogP contribution in [0.2, 0.25) is 0 Å². The van der Waals surface area contributed by atoms with Gasteiger partial charge < -0.3 is 10.1 Å². The van der Waals surface area contributed by atoms with Crippen molar-refractivity contribution in [3.8, 4) is 5.88 Å². The molecule has 2 aromatic rings. The number of ether oxygens (including phenoxy) is 1. The summed E-state index contributed by atoms with van der Waals surface area (Å²) in [5.74, 6) is 0.400. The van der Waals surface area contributed by atoms with Gasteiger partial charge in [-0.1, -0.05) is 30.3 Å². The summed E-state index contributed by atoms with van der Waals surface area (Å²) in [5, 5.41) is 3.12. The van der Waals surface area contributed by atoms with Crippen LogP contribution in [0.25, 0.3) is 0 Å². The number of nitrogens with zero attached hydrogens (tertiary/aromatic N) is 2. The second kappa shape index (κ2) is 7.93. The van der Waals surface area contributed by atoms with E-state index in [-0.39, 0.29) is 11.9 Å². The smallest absolute Gasteiger partial charge is 0.251 e. The lowest BCUT2D eigenvalue weighted by Crippen LogP contribution is -2.44. The number of hydrogen-bond acceptors (Lipinski definition) is 4. The van der Waals surface area contributed by atoms with Crippen molar-refractivity contribution in [2.24, 2.45) is 0 Å². The zero-order chi connectivity index (χ0) is 16.8. The summed E-state index contributed by atoms with van der Waals surface area (Å²) >= 11 is 0. The average Bonchev–Trinajstić information content (AvgIpc) is 2.64. The zero-order valence-corrected chi connectivity index (χ0v) is 13.9. The fraction of sp³-hybridized carbons (Fsp3) is 0.368. The molecule has 0 saturated carbocycles. The first-order valence-electron chi connectivity index (χ1n) is 8.32. The molecule has 5 heteroatoms. The third-order valence-electron chi connectivity index (χ3n) is 4.38. The first-order chi connectivity index (χ1) is 11.7. The Balaban J connectivity index is 1.49. The summed E-state index contributed by atoms with van der Waals surface area (Å²) in [7, 11) is 1.55. The Hall–Kier alpha value is -2.40. The van der Waals surface area contributed by atoms with E-state index in [0.717, 1.165) is 32.5 Å². The number of hydrogen-bond donors (Lipinski definition) is 1. The van der Waals surface area contributed by atoms with E-state index in [4.69, 9.17) is 4.74 Å². The molecule has 1 aromatic carbocycles. The highest BCUT2D eigenvalue weighted by atomic mass is 16.5. The van der Waals surface area contributed by atoms with Crippen molar-refractivity contribution in [1.82, 2.24) is 15.2 Å². The Morgan fingerprint density at radius 3 is 2.71 bits per heavy atom. The number of pyridine rings is 1. The van der Waals surface area contributed by atoms with Gasteiger partial charge in [-0.25, -0.2) is 4.98 Å². The lowest BCUT2D eigenvalue weighted by molar-refractivity contribution is 0.0908. The molecule has 1 aliphatic heterocycles. The van der Waals surface area contributed by atoms with Crippen LogP contribution in [0.15, 0.2) is 48.7 Å². The van der Waals surface area contributed by atoms with Gasteiger partial charge in [-0.3, -0.25) is 9.69 Å². The van der Waals surface area contributed by atoms with E-state index >= 15 is 0 Å². The maximum absolute atomic E-state index is 12.3. The van der Waals surface area contributed by atoms with Crippen LogP contribution in [0.4, 0.5) is 0 Å². The molecular weight excluding hydrogens is 302 g/mol. The van der Waals surface area contributed by atoms with E-state index in [1.54, 1.807) is 25.4 Å². The molecule has 2 heterocycles. The lowest BCUT2D eigenvalue weighted by Gasteiger charge is -2.32. The van der Waals surface area contributed by atoms with Crippen molar-refractivity contribution in [3.63, 3.8) is 0 Å². The van der Waals surface area contributed by atoms with Gasteiger partial charge in [-0.2, -0.15) is 0 Å². The summed E-state index contributed by atoms with van der Waals surface area (Å²) in [4.78, 5) is 18.8. The molecule has 1 fully saturated rings. The zero-order valence-electron chi connectivity index (χ0n) is 13.9. The molecule has 1 N–H and O–H groups in total. The minimum atomic E-state index is -0.0581. The molecule has 0 bridgehead atoms. The van der Waals surface area contributed by atoms with Crippen molar-refractivity contribution in [1.29, 1.82) is 0 Å². The molecule has 1 aromatic heterocycles. The number of likely N-dealkylation sites (tertiary alicyclic amines) is 1. The van der Waals surface area contributed by atoms with Crippen molar-refractivity contribution in [3.05, 3.63) is 59.8 Å². The number of aromatic nitrogens is 1. The van der Waals surface area contributed by atoms with Crippen LogP contribution < -0.4 is 10.1 Å². The van der Waals surface area contributed by atoms with E-state index in [0.29, 0.717) is 11.4 Å². The number of carbonyl (C=O) groups excluding carboxylic acids is 1. The number of piperidine rings is 1. The van der Waals surface area contributed by atoms with Crippen LogP contribution in [0.5, 0.6) is 5.88 Å². The molecule has 0 radical (unpaired) electrons. The Kier molecular flexibility index (Phi) is 5.43. The van der Waals surface area contributed by atoms with Gasteiger partial charge in [0.2, 0.25) is 5.88 Å². The molecule has 1 aliphatic rings. The molecular formula is C19H23N3O2. The predicted octanol–water partition coefficient (Wildman–Crippen LogP) is 2.48. The fourth-order valence-corrected chi connectivity index (χ4v) is 3.01.